The van der Waals surface area contributed by atoms with Crippen LogP contribution >= 0.6 is 27.0 Å². The van der Waals surface area contributed by atoms with E-state index in [1.807, 2.05) is 12.1 Å². The van der Waals surface area contributed by atoms with Gasteiger partial charge in [-0.15, -0.1) is 11.3 Å². The molecule has 0 atom stereocenters. The van der Waals surface area contributed by atoms with Gasteiger partial charge >= 0.3 is 15.6 Å². The zero-order valence-corrected chi connectivity index (χ0v) is 31.6. The van der Waals surface area contributed by atoms with Gasteiger partial charge in [-0.2, -0.15) is 0 Å². The van der Waals surface area contributed by atoms with Crippen LogP contribution in [0, 0.1) is 0 Å². The Morgan fingerprint density at radius 2 is 1.24 bits per heavy atom. The maximum atomic E-state index is 14.3. The molecule has 0 saturated carbocycles. The van der Waals surface area contributed by atoms with Crippen LogP contribution in [0.3, 0.4) is 0 Å². The fourth-order valence-corrected chi connectivity index (χ4v) is 9.23. The number of carbonyl (C=O) groups is 1. The predicted molar refractivity (Wildman–Crippen MR) is 196 cm³/mol. The van der Waals surface area contributed by atoms with Crippen LogP contribution in [-0.2, 0) is 27.2 Å². The van der Waals surface area contributed by atoms with Crippen LogP contribution in [0.1, 0.15) is 62.9 Å². The Kier molecular flexibility index (Phi) is 13.7. The van der Waals surface area contributed by atoms with Crippen molar-refractivity contribution in [1.82, 2.24) is 4.90 Å². The zero-order chi connectivity index (χ0) is 35.6. The molecule has 1 aliphatic heterocycles. The summed E-state index contributed by atoms with van der Waals surface area (Å²) in [5.74, 6) is 1.11. The number of phosphoric ester groups is 2. The summed E-state index contributed by atoms with van der Waals surface area (Å²) < 4.78 is 65.3. The third-order valence-electron chi connectivity index (χ3n) is 7.83. The van der Waals surface area contributed by atoms with Crippen molar-refractivity contribution in [3.05, 3.63) is 77.9 Å². The molecule has 0 radical (unpaired) electrons. The molecule has 0 aliphatic carbocycles. The fourth-order valence-electron chi connectivity index (χ4n) is 5.62. The van der Waals surface area contributed by atoms with Crippen molar-refractivity contribution < 1.29 is 45.8 Å². The number of ketones is 1. The topological polar surface area (TPSA) is 119 Å². The van der Waals surface area contributed by atoms with Crippen molar-refractivity contribution in [3.8, 4) is 27.7 Å². The molecule has 3 aromatic carbocycles. The highest BCUT2D eigenvalue weighted by Crippen LogP contribution is 2.51. The van der Waals surface area contributed by atoms with Gasteiger partial charge in [-0.05, 0) is 126 Å². The average molecular weight is 746 g/mol. The molecule has 0 spiro atoms. The highest BCUT2D eigenvalue weighted by Gasteiger charge is 2.30. The van der Waals surface area contributed by atoms with Crippen LogP contribution in [-0.4, -0.2) is 63.4 Å². The molecule has 0 bridgehead atoms. The number of phosphoric acid groups is 2. The van der Waals surface area contributed by atoms with E-state index in [1.165, 1.54) is 30.6 Å². The SMILES string of the molecule is CCOP(=O)(OCC)Oc1ccc(-c2sc3cc(OP(=O)(OCC)OCC)ccc3c2C(=O)c2ccc(OCCN3CCCCC3)cc2)cc1. The molecule has 1 aromatic heterocycles. The molecular formula is C36H45NO10P2S. The van der Waals surface area contributed by atoms with E-state index >= 15 is 0 Å². The Morgan fingerprint density at radius 3 is 1.82 bits per heavy atom. The first-order chi connectivity index (χ1) is 24.2. The number of hydrogen-bond donors (Lipinski definition) is 0. The van der Waals surface area contributed by atoms with Gasteiger partial charge in [0.1, 0.15) is 23.9 Å². The summed E-state index contributed by atoms with van der Waals surface area (Å²) in [6.07, 6.45) is 3.75. The van der Waals surface area contributed by atoms with E-state index in [4.69, 9.17) is 31.9 Å². The lowest BCUT2D eigenvalue weighted by molar-refractivity contribution is 0.104. The number of piperidine rings is 1. The van der Waals surface area contributed by atoms with Gasteiger partial charge in [0.15, 0.2) is 5.78 Å². The van der Waals surface area contributed by atoms with Gasteiger partial charge in [-0.3, -0.25) is 27.8 Å². The lowest BCUT2D eigenvalue weighted by Gasteiger charge is -2.26. The molecule has 50 heavy (non-hydrogen) atoms. The second kappa shape index (κ2) is 17.9. The Morgan fingerprint density at radius 1 is 0.700 bits per heavy atom. The zero-order valence-electron chi connectivity index (χ0n) is 29.0. The molecule has 5 rings (SSSR count). The van der Waals surface area contributed by atoms with E-state index in [2.05, 4.69) is 4.90 Å². The monoisotopic (exact) mass is 745 g/mol. The minimum absolute atomic E-state index is 0.147. The second-order valence-corrected chi connectivity index (χ2v) is 15.6. The predicted octanol–water partition coefficient (Wildman–Crippen LogP) is 9.78. The Labute approximate surface area is 298 Å². The second-order valence-electron chi connectivity index (χ2n) is 11.3. The lowest BCUT2D eigenvalue weighted by atomic mass is 9.97. The standard InChI is InChI=1S/C36H45NO10P2S/c1-5-42-48(39,43-6-2)46-30-18-14-28(15-19-30)36-34(32-21-20-31(26-33(32)50-36)47-49(40,44-7-3)45-8-4)35(38)27-12-16-29(17-13-27)41-25-24-37-22-10-9-11-23-37/h12-21,26H,5-11,22-25H2,1-4H3. The number of benzene rings is 3. The largest absolute Gasteiger partial charge is 0.530 e. The Bertz CT molecular complexity index is 1790. The minimum Gasteiger partial charge on any atom is -0.492 e. The summed E-state index contributed by atoms with van der Waals surface area (Å²) >= 11 is 1.38. The fraction of sp³-hybridized carbons (Fsp3) is 0.417. The van der Waals surface area contributed by atoms with Crippen LogP contribution in [0.25, 0.3) is 20.5 Å². The molecule has 1 fully saturated rings. The molecule has 0 amide bonds. The van der Waals surface area contributed by atoms with Crippen molar-refractivity contribution in [2.45, 2.75) is 47.0 Å². The van der Waals surface area contributed by atoms with Gasteiger partial charge in [0.25, 0.3) is 0 Å². The first-order valence-electron chi connectivity index (χ1n) is 17.0. The number of likely N-dealkylation sites (tertiary alicyclic amines) is 1. The average Bonchev–Trinajstić information content (AvgIpc) is 3.48. The summed E-state index contributed by atoms with van der Waals surface area (Å²) in [4.78, 5) is 17.4. The molecule has 4 aromatic rings. The summed E-state index contributed by atoms with van der Waals surface area (Å²) in [5, 5.41) is 0.698. The maximum absolute atomic E-state index is 14.3. The number of hydrogen-bond acceptors (Lipinski definition) is 12. The van der Waals surface area contributed by atoms with Crippen molar-refractivity contribution in [2.24, 2.45) is 0 Å². The number of fused-ring (bicyclic) bond motifs is 1. The molecule has 270 valence electrons. The molecule has 0 unspecified atom stereocenters. The minimum atomic E-state index is -3.84. The molecule has 0 N–H and O–H groups in total. The lowest BCUT2D eigenvalue weighted by Crippen LogP contribution is -2.33. The van der Waals surface area contributed by atoms with Crippen molar-refractivity contribution in [2.75, 3.05) is 52.7 Å². The molecular weight excluding hydrogens is 700 g/mol. The van der Waals surface area contributed by atoms with E-state index in [-0.39, 0.29) is 38.0 Å². The van der Waals surface area contributed by atoms with Crippen molar-refractivity contribution in [3.63, 3.8) is 0 Å². The number of rotatable bonds is 19. The van der Waals surface area contributed by atoms with Gasteiger partial charge in [-0.25, -0.2) is 9.13 Å². The van der Waals surface area contributed by atoms with Crippen LogP contribution in [0.2, 0.25) is 0 Å². The van der Waals surface area contributed by atoms with Gasteiger partial charge in [0, 0.05) is 32.6 Å². The van der Waals surface area contributed by atoms with Crippen LogP contribution in [0.5, 0.6) is 17.2 Å². The molecule has 2 heterocycles. The van der Waals surface area contributed by atoms with Crippen LogP contribution < -0.4 is 13.8 Å². The molecule has 1 aliphatic rings. The first kappa shape index (κ1) is 38.2. The molecule has 1 saturated heterocycles. The van der Waals surface area contributed by atoms with E-state index in [0.29, 0.717) is 39.5 Å². The quantitative estimate of drug-likeness (QED) is 0.0674. The van der Waals surface area contributed by atoms with E-state index in [9.17, 15) is 13.9 Å². The molecule has 11 nitrogen and oxygen atoms in total. The maximum Gasteiger partial charge on any atom is 0.530 e. The number of nitrogens with zero attached hydrogens (tertiary/aromatic N) is 1. The number of carbonyl (C=O) groups excluding carboxylic acids is 1. The smallest absolute Gasteiger partial charge is 0.492 e. The highest BCUT2D eigenvalue weighted by atomic mass is 32.1. The van der Waals surface area contributed by atoms with E-state index in [1.54, 1.807) is 82.3 Å². The Balaban J connectivity index is 1.45. The van der Waals surface area contributed by atoms with Crippen molar-refractivity contribution >= 4 is 42.9 Å². The number of ether oxygens (including phenoxy) is 1. The first-order valence-corrected chi connectivity index (χ1v) is 20.8. The third kappa shape index (κ3) is 9.84. The van der Waals surface area contributed by atoms with Crippen molar-refractivity contribution in [1.29, 1.82) is 0 Å². The summed E-state index contributed by atoms with van der Waals surface area (Å²) in [5.41, 5.74) is 1.73. The van der Waals surface area contributed by atoms with E-state index in [0.717, 1.165) is 29.9 Å². The van der Waals surface area contributed by atoms with Gasteiger partial charge in [0.05, 0.1) is 26.4 Å². The van der Waals surface area contributed by atoms with Gasteiger partial charge in [-0.1, -0.05) is 6.42 Å². The highest BCUT2D eigenvalue weighted by molar-refractivity contribution is 7.49. The Hall–Kier alpha value is -3.05. The number of thiophene rings is 1. The normalized spacial score (nSPS) is 14.2. The van der Waals surface area contributed by atoms with Gasteiger partial charge < -0.3 is 13.8 Å². The van der Waals surface area contributed by atoms with E-state index < -0.39 is 15.6 Å². The third-order valence-corrected chi connectivity index (χ3v) is 12.2. The summed E-state index contributed by atoms with van der Waals surface area (Å²) in [7, 11) is -7.63. The summed E-state index contributed by atoms with van der Waals surface area (Å²) in [6.45, 7) is 11.1. The van der Waals surface area contributed by atoms with Crippen LogP contribution in [0.4, 0.5) is 0 Å². The van der Waals surface area contributed by atoms with Gasteiger partial charge in [0.2, 0.25) is 0 Å². The molecule has 14 heteroatoms. The van der Waals surface area contributed by atoms with Crippen LogP contribution in [0.15, 0.2) is 66.7 Å². The summed E-state index contributed by atoms with van der Waals surface area (Å²) in [6, 6.07) is 19.2.